The number of hydrogen-bond donors (Lipinski definition) is 0. The summed E-state index contributed by atoms with van der Waals surface area (Å²) in [6, 6.07) is 0. The van der Waals surface area contributed by atoms with Gasteiger partial charge >= 0.3 is 0 Å². The first kappa shape index (κ1) is 18.8. The molecule has 2 heterocycles. The molecule has 2 unspecified atom stereocenters. The van der Waals surface area contributed by atoms with Crippen LogP contribution in [-0.4, -0.2) is 48.2 Å². The monoisotopic (exact) mass is 348 g/mol. The Labute approximate surface area is 136 Å². The third-order valence-electron chi connectivity index (χ3n) is 5.99. The van der Waals surface area contributed by atoms with Gasteiger partial charge in [-0.2, -0.15) is 0 Å². The van der Waals surface area contributed by atoms with Crippen LogP contribution in [0, 0.1) is 5.92 Å². The van der Waals surface area contributed by atoms with E-state index >= 15 is 0 Å². The van der Waals surface area contributed by atoms with Crippen molar-refractivity contribution in [1.29, 1.82) is 0 Å². The number of hydrogen-bond acceptors (Lipinski definition) is 3. The Morgan fingerprint density at radius 1 is 0.955 bits per heavy atom. The lowest BCUT2D eigenvalue weighted by Crippen LogP contribution is -2.35. The largest absolute Gasteiger partial charge is 0.380 e. The summed E-state index contributed by atoms with van der Waals surface area (Å²) < 4.78 is 32.1. The standard InChI is InChI=1S/C17H34O3P2/c1-16(2,3)22(19)10-6-7-15(14-22)13-17(4,5)21(18)11-8-20-9-12-21/h15H,6-14H2,1-5H3. The zero-order valence-electron chi connectivity index (χ0n) is 15.1. The van der Waals surface area contributed by atoms with Crippen molar-refractivity contribution in [3.8, 4) is 0 Å². The maximum absolute atomic E-state index is 13.3. The van der Waals surface area contributed by atoms with Gasteiger partial charge in [-0.1, -0.05) is 34.6 Å². The molecule has 0 aliphatic carbocycles. The Balaban J connectivity index is 2.09. The van der Waals surface area contributed by atoms with Crippen LogP contribution in [0.4, 0.5) is 0 Å². The molecule has 2 atom stereocenters. The van der Waals surface area contributed by atoms with Gasteiger partial charge in [-0.3, -0.25) is 0 Å². The second-order valence-electron chi connectivity index (χ2n) is 8.94. The Hall–Kier alpha value is 0.420. The molecule has 0 bridgehead atoms. The van der Waals surface area contributed by atoms with E-state index in [1.54, 1.807) is 0 Å². The van der Waals surface area contributed by atoms with Gasteiger partial charge in [0.15, 0.2) is 0 Å². The van der Waals surface area contributed by atoms with Gasteiger partial charge in [0.2, 0.25) is 0 Å². The van der Waals surface area contributed by atoms with Crippen LogP contribution in [0.5, 0.6) is 0 Å². The molecule has 130 valence electrons. The first-order chi connectivity index (χ1) is 9.99. The Morgan fingerprint density at radius 2 is 1.55 bits per heavy atom. The van der Waals surface area contributed by atoms with Crippen molar-refractivity contribution in [2.75, 3.05) is 37.9 Å². The summed E-state index contributed by atoms with van der Waals surface area (Å²) in [6.07, 6.45) is 6.40. The Morgan fingerprint density at radius 3 is 2.09 bits per heavy atom. The molecule has 2 aliphatic heterocycles. The Bertz CT molecular complexity index is 481. The summed E-state index contributed by atoms with van der Waals surface area (Å²) in [5, 5.41) is -0.222. The summed E-state index contributed by atoms with van der Waals surface area (Å²) in [7, 11) is -4.30. The lowest BCUT2D eigenvalue weighted by atomic mass is 9.94. The van der Waals surface area contributed by atoms with Crippen LogP contribution in [0.1, 0.15) is 53.9 Å². The van der Waals surface area contributed by atoms with E-state index in [-0.39, 0.29) is 10.3 Å². The Kier molecular flexibility index (Phi) is 5.44. The fourth-order valence-corrected chi connectivity index (χ4v) is 10.2. The lowest BCUT2D eigenvalue weighted by molar-refractivity contribution is 0.153. The molecule has 2 saturated heterocycles. The van der Waals surface area contributed by atoms with Crippen molar-refractivity contribution < 1.29 is 13.9 Å². The molecule has 0 saturated carbocycles. The van der Waals surface area contributed by atoms with Gasteiger partial charge in [-0.25, -0.2) is 0 Å². The molecule has 0 aromatic rings. The maximum Gasteiger partial charge on any atom is 0.0975 e. The minimum absolute atomic E-state index is 0.0845. The minimum Gasteiger partial charge on any atom is -0.380 e. The lowest BCUT2D eigenvalue weighted by Gasteiger charge is -2.43. The van der Waals surface area contributed by atoms with E-state index in [9.17, 15) is 9.13 Å². The quantitative estimate of drug-likeness (QED) is 0.665. The predicted molar refractivity (Wildman–Crippen MR) is 96.7 cm³/mol. The molecule has 0 radical (unpaired) electrons. The summed E-state index contributed by atoms with van der Waals surface area (Å²) >= 11 is 0. The highest BCUT2D eigenvalue weighted by Gasteiger charge is 2.46. The average molecular weight is 348 g/mol. The summed E-state index contributed by atoms with van der Waals surface area (Å²) in [6.45, 7) is 12.0. The average Bonchev–Trinajstić information content (AvgIpc) is 2.37. The van der Waals surface area contributed by atoms with Crippen LogP contribution >= 0.6 is 14.3 Å². The molecule has 0 spiro atoms. The highest BCUT2D eigenvalue weighted by Crippen LogP contribution is 2.65. The number of ether oxygens (including phenoxy) is 1. The van der Waals surface area contributed by atoms with Gasteiger partial charge in [-0.05, 0) is 25.2 Å². The third kappa shape index (κ3) is 3.73. The van der Waals surface area contributed by atoms with E-state index < -0.39 is 14.3 Å². The van der Waals surface area contributed by atoms with Crippen molar-refractivity contribution in [1.82, 2.24) is 0 Å². The van der Waals surface area contributed by atoms with E-state index in [1.807, 2.05) is 0 Å². The second-order valence-corrected chi connectivity index (χ2v) is 16.8. The van der Waals surface area contributed by atoms with Gasteiger partial charge in [0.1, 0.15) is 0 Å². The van der Waals surface area contributed by atoms with Crippen molar-refractivity contribution in [2.45, 2.75) is 64.2 Å². The molecule has 2 fully saturated rings. The topological polar surface area (TPSA) is 43.4 Å². The first-order valence-electron chi connectivity index (χ1n) is 8.73. The molecule has 22 heavy (non-hydrogen) atoms. The fourth-order valence-electron chi connectivity index (χ4n) is 4.13. The molecule has 2 rings (SSSR count). The zero-order chi connectivity index (χ0) is 16.6. The van der Waals surface area contributed by atoms with E-state index in [2.05, 4.69) is 34.6 Å². The van der Waals surface area contributed by atoms with Gasteiger partial charge in [-0.15, -0.1) is 0 Å². The second kappa shape index (κ2) is 6.38. The molecule has 5 heteroatoms. The first-order valence-corrected chi connectivity index (χ1v) is 12.9. The van der Waals surface area contributed by atoms with Gasteiger partial charge in [0, 0.05) is 35.0 Å². The van der Waals surface area contributed by atoms with E-state index in [4.69, 9.17) is 4.74 Å². The molecule has 2 aliphatic rings. The molecule has 3 nitrogen and oxygen atoms in total. The summed E-state index contributed by atoms with van der Waals surface area (Å²) in [4.78, 5) is 0. The van der Waals surface area contributed by atoms with Gasteiger partial charge in [0.05, 0.1) is 27.5 Å². The summed E-state index contributed by atoms with van der Waals surface area (Å²) in [5.74, 6) is 0.475. The highest BCUT2D eigenvalue weighted by molar-refractivity contribution is 7.66. The minimum atomic E-state index is -2.18. The van der Waals surface area contributed by atoms with E-state index in [0.29, 0.717) is 19.1 Å². The van der Waals surface area contributed by atoms with Crippen LogP contribution in [0.3, 0.4) is 0 Å². The predicted octanol–water partition coefficient (Wildman–Crippen LogP) is 5.12. The SMILES string of the molecule is CC(C)(C)P1(=O)CCCC(CC(C)(C)P2(=O)CCOCC2)C1. The number of rotatable bonds is 3. The smallest absolute Gasteiger partial charge is 0.0975 e. The van der Waals surface area contributed by atoms with E-state index in [0.717, 1.165) is 43.9 Å². The van der Waals surface area contributed by atoms with Gasteiger partial charge in [0.25, 0.3) is 0 Å². The molecule has 0 aromatic heterocycles. The van der Waals surface area contributed by atoms with Crippen LogP contribution in [0.25, 0.3) is 0 Å². The molecule has 0 amide bonds. The van der Waals surface area contributed by atoms with Gasteiger partial charge < -0.3 is 13.9 Å². The highest BCUT2D eigenvalue weighted by atomic mass is 31.2. The van der Waals surface area contributed by atoms with Crippen LogP contribution in [0.15, 0.2) is 0 Å². The summed E-state index contributed by atoms with van der Waals surface area (Å²) in [5.41, 5.74) is 0. The molecular formula is C17H34O3P2. The maximum atomic E-state index is 13.3. The molecule has 0 N–H and O–H groups in total. The zero-order valence-corrected chi connectivity index (χ0v) is 16.8. The van der Waals surface area contributed by atoms with Crippen molar-refractivity contribution in [3.05, 3.63) is 0 Å². The molecular weight excluding hydrogens is 314 g/mol. The van der Waals surface area contributed by atoms with Crippen LogP contribution in [0.2, 0.25) is 0 Å². The molecule has 0 aromatic carbocycles. The van der Waals surface area contributed by atoms with Crippen LogP contribution < -0.4 is 0 Å². The van der Waals surface area contributed by atoms with E-state index in [1.165, 1.54) is 0 Å². The van der Waals surface area contributed by atoms with Crippen molar-refractivity contribution in [3.63, 3.8) is 0 Å². The van der Waals surface area contributed by atoms with Crippen molar-refractivity contribution >= 4 is 14.3 Å². The third-order valence-corrected chi connectivity index (χ3v) is 14.8. The fraction of sp³-hybridized carbons (Fsp3) is 1.00. The normalized spacial score (nSPS) is 33.6. The van der Waals surface area contributed by atoms with Crippen molar-refractivity contribution in [2.24, 2.45) is 5.92 Å². The van der Waals surface area contributed by atoms with Crippen LogP contribution in [-0.2, 0) is 13.9 Å².